The summed E-state index contributed by atoms with van der Waals surface area (Å²) in [6, 6.07) is 16.7. The summed E-state index contributed by atoms with van der Waals surface area (Å²) < 4.78 is 5.21. The van der Waals surface area contributed by atoms with Gasteiger partial charge in [-0.3, -0.25) is 9.59 Å². The molecular formula is C24H25N3O3. The number of nitriles is 1. The summed E-state index contributed by atoms with van der Waals surface area (Å²) in [5.74, 6) is 0.526. The summed E-state index contributed by atoms with van der Waals surface area (Å²) in [6.07, 6.45) is 4.81. The Hall–Kier alpha value is -3.59. The monoisotopic (exact) mass is 403 g/mol. The van der Waals surface area contributed by atoms with Crippen molar-refractivity contribution in [3.05, 3.63) is 71.3 Å². The van der Waals surface area contributed by atoms with Crippen molar-refractivity contribution < 1.29 is 14.3 Å². The zero-order valence-electron chi connectivity index (χ0n) is 17.0. The van der Waals surface area contributed by atoms with E-state index in [1.165, 1.54) is 0 Å². The standard InChI is InChI=1S/C24H25N3O3/c1-18-4-2-3-5-22(18)24(29)26-20-12-15-27(16-13-20)23(28)11-8-19-6-9-21(10-7-19)30-17-14-25/h2-11,20H,12-13,15-17H2,1H3,(H,26,29)/b11-8+. The largest absolute Gasteiger partial charge is 0.479 e. The molecule has 30 heavy (non-hydrogen) atoms. The van der Waals surface area contributed by atoms with Gasteiger partial charge in [0, 0.05) is 30.8 Å². The molecule has 0 saturated carbocycles. The van der Waals surface area contributed by atoms with Crippen LogP contribution in [-0.4, -0.2) is 42.5 Å². The molecule has 2 amide bonds. The van der Waals surface area contributed by atoms with Gasteiger partial charge >= 0.3 is 0 Å². The van der Waals surface area contributed by atoms with Crippen LogP contribution in [0.25, 0.3) is 6.08 Å². The van der Waals surface area contributed by atoms with Gasteiger partial charge in [0.05, 0.1) is 0 Å². The van der Waals surface area contributed by atoms with Gasteiger partial charge in [0.25, 0.3) is 5.91 Å². The minimum absolute atomic E-state index is 0.00896. The average Bonchev–Trinajstić information content (AvgIpc) is 2.77. The number of hydrogen-bond acceptors (Lipinski definition) is 4. The Labute approximate surface area is 176 Å². The fourth-order valence-corrected chi connectivity index (χ4v) is 3.40. The Bertz CT molecular complexity index is 952. The summed E-state index contributed by atoms with van der Waals surface area (Å²) in [5.41, 5.74) is 2.54. The molecule has 0 bridgehead atoms. The van der Waals surface area contributed by atoms with Crippen LogP contribution in [0.15, 0.2) is 54.6 Å². The van der Waals surface area contributed by atoms with E-state index in [4.69, 9.17) is 10.00 Å². The molecule has 1 N–H and O–H groups in total. The Balaban J connectivity index is 1.47. The van der Waals surface area contributed by atoms with Crippen molar-refractivity contribution in [2.75, 3.05) is 19.7 Å². The van der Waals surface area contributed by atoms with Crippen LogP contribution in [0.2, 0.25) is 0 Å². The highest BCUT2D eigenvalue weighted by Gasteiger charge is 2.23. The number of nitrogens with zero attached hydrogens (tertiary/aromatic N) is 2. The van der Waals surface area contributed by atoms with Gasteiger partial charge in [0.15, 0.2) is 6.61 Å². The zero-order chi connectivity index (χ0) is 21.3. The third kappa shape index (κ3) is 5.71. The minimum atomic E-state index is -0.0556. The summed E-state index contributed by atoms with van der Waals surface area (Å²) in [5, 5.41) is 11.6. The first-order valence-corrected chi connectivity index (χ1v) is 10.00. The summed E-state index contributed by atoms with van der Waals surface area (Å²) >= 11 is 0. The molecule has 6 heteroatoms. The Kier molecular flexibility index (Phi) is 7.23. The summed E-state index contributed by atoms with van der Waals surface area (Å²) in [7, 11) is 0. The quantitative estimate of drug-likeness (QED) is 0.750. The van der Waals surface area contributed by atoms with E-state index in [2.05, 4.69) is 5.32 Å². The van der Waals surface area contributed by atoms with Crippen molar-refractivity contribution in [1.82, 2.24) is 10.2 Å². The number of carbonyl (C=O) groups excluding carboxylic acids is 2. The van der Waals surface area contributed by atoms with Crippen LogP contribution < -0.4 is 10.1 Å². The molecular weight excluding hydrogens is 378 g/mol. The van der Waals surface area contributed by atoms with E-state index >= 15 is 0 Å². The second-order valence-electron chi connectivity index (χ2n) is 7.24. The maximum atomic E-state index is 12.5. The second-order valence-corrected chi connectivity index (χ2v) is 7.24. The molecule has 1 heterocycles. The number of nitrogens with one attached hydrogen (secondary N) is 1. The Morgan fingerprint density at radius 3 is 2.53 bits per heavy atom. The second kappa shape index (κ2) is 10.3. The lowest BCUT2D eigenvalue weighted by molar-refractivity contribution is -0.126. The number of ether oxygens (including phenoxy) is 1. The number of rotatable bonds is 6. The smallest absolute Gasteiger partial charge is 0.251 e. The number of carbonyl (C=O) groups is 2. The fraction of sp³-hybridized carbons (Fsp3) is 0.292. The Morgan fingerprint density at radius 2 is 1.87 bits per heavy atom. The van der Waals surface area contributed by atoms with E-state index in [0.717, 1.165) is 24.0 Å². The van der Waals surface area contributed by atoms with Crippen LogP contribution in [0, 0.1) is 18.3 Å². The highest BCUT2D eigenvalue weighted by molar-refractivity contribution is 5.96. The minimum Gasteiger partial charge on any atom is -0.479 e. The van der Waals surface area contributed by atoms with Gasteiger partial charge in [-0.05, 0) is 55.2 Å². The number of benzene rings is 2. The van der Waals surface area contributed by atoms with Gasteiger partial charge in [-0.15, -0.1) is 0 Å². The predicted molar refractivity (Wildman–Crippen MR) is 115 cm³/mol. The normalized spacial score (nSPS) is 14.3. The van der Waals surface area contributed by atoms with E-state index in [-0.39, 0.29) is 24.5 Å². The van der Waals surface area contributed by atoms with Crippen LogP contribution >= 0.6 is 0 Å². The highest BCUT2D eigenvalue weighted by atomic mass is 16.5. The predicted octanol–water partition coefficient (Wildman–Crippen LogP) is 3.33. The Morgan fingerprint density at radius 1 is 1.17 bits per heavy atom. The number of hydrogen-bond donors (Lipinski definition) is 1. The van der Waals surface area contributed by atoms with Crippen molar-refractivity contribution in [3.8, 4) is 11.8 Å². The van der Waals surface area contributed by atoms with Gasteiger partial charge in [0.1, 0.15) is 11.8 Å². The van der Waals surface area contributed by atoms with Crippen molar-refractivity contribution in [1.29, 1.82) is 5.26 Å². The lowest BCUT2D eigenvalue weighted by atomic mass is 10.0. The molecule has 0 atom stereocenters. The molecule has 1 saturated heterocycles. The van der Waals surface area contributed by atoms with Gasteiger partial charge in [-0.2, -0.15) is 5.26 Å². The van der Waals surface area contributed by atoms with E-state index in [0.29, 0.717) is 24.4 Å². The molecule has 3 rings (SSSR count). The first kappa shape index (κ1) is 21.1. The molecule has 0 aromatic heterocycles. The first-order chi connectivity index (χ1) is 14.6. The number of amides is 2. The highest BCUT2D eigenvalue weighted by Crippen LogP contribution is 2.15. The van der Waals surface area contributed by atoms with Gasteiger partial charge in [0.2, 0.25) is 5.91 Å². The lowest BCUT2D eigenvalue weighted by Gasteiger charge is -2.31. The van der Waals surface area contributed by atoms with Gasteiger partial charge in [-0.25, -0.2) is 0 Å². The SMILES string of the molecule is Cc1ccccc1C(=O)NC1CCN(C(=O)/C=C/c2ccc(OCC#N)cc2)CC1. The van der Waals surface area contributed by atoms with Gasteiger partial charge < -0.3 is 15.0 Å². The van der Waals surface area contributed by atoms with Crippen LogP contribution in [0.1, 0.15) is 34.3 Å². The number of likely N-dealkylation sites (tertiary alicyclic amines) is 1. The molecule has 0 unspecified atom stereocenters. The molecule has 0 spiro atoms. The van der Waals surface area contributed by atoms with E-state index in [1.54, 1.807) is 29.2 Å². The van der Waals surface area contributed by atoms with Crippen molar-refractivity contribution in [2.24, 2.45) is 0 Å². The molecule has 0 radical (unpaired) electrons. The van der Waals surface area contributed by atoms with E-state index in [1.807, 2.05) is 49.4 Å². The van der Waals surface area contributed by atoms with Crippen molar-refractivity contribution in [2.45, 2.75) is 25.8 Å². The van der Waals surface area contributed by atoms with Crippen LogP contribution in [0.4, 0.5) is 0 Å². The van der Waals surface area contributed by atoms with Crippen LogP contribution in [0.3, 0.4) is 0 Å². The topological polar surface area (TPSA) is 82.4 Å². The third-order valence-corrected chi connectivity index (χ3v) is 5.13. The molecule has 2 aromatic carbocycles. The molecule has 2 aromatic rings. The van der Waals surface area contributed by atoms with Gasteiger partial charge in [-0.1, -0.05) is 30.3 Å². The van der Waals surface area contributed by atoms with E-state index < -0.39 is 0 Å². The van der Waals surface area contributed by atoms with Crippen LogP contribution in [-0.2, 0) is 4.79 Å². The molecule has 1 aliphatic heterocycles. The molecule has 154 valence electrons. The lowest BCUT2D eigenvalue weighted by Crippen LogP contribution is -2.46. The first-order valence-electron chi connectivity index (χ1n) is 10.00. The van der Waals surface area contributed by atoms with Crippen molar-refractivity contribution in [3.63, 3.8) is 0 Å². The van der Waals surface area contributed by atoms with Crippen molar-refractivity contribution >= 4 is 17.9 Å². The van der Waals surface area contributed by atoms with E-state index in [9.17, 15) is 9.59 Å². The maximum Gasteiger partial charge on any atom is 0.251 e. The summed E-state index contributed by atoms with van der Waals surface area (Å²) in [4.78, 5) is 26.7. The fourth-order valence-electron chi connectivity index (χ4n) is 3.40. The number of aryl methyl sites for hydroxylation is 1. The summed E-state index contributed by atoms with van der Waals surface area (Å²) in [6.45, 7) is 3.16. The average molecular weight is 403 g/mol. The maximum absolute atomic E-state index is 12.5. The molecule has 1 fully saturated rings. The van der Waals surface area contributed by atoms with Crippen LogP contribution in [0.5, 0.6) is 5.75 Å². The molecule has 0 aliphatic carbocycles. The zero-order valence-corrected chi connectivity index (χ0v) is 17.0. The molecule has 1 aliphatic rings. The number of piperidine rings is 1. The molecule has 6 nitrogen and oxygen atoms in total. The third-order valence-electron chi connectivity index (χ3n) is 5.13.